The van der Waals surface area contributed by atoms with E-state index < -0.39 is 20.0 Å². The van der Waals surface area contributed by atoms with Crippen LogP contribution in [0.15, 0.2) is 52.5 Å². The molecule has 0 bridgehead atoms. The molecule has 1 aromatic carbocycles. The molecule has 2 heterocycles. The zero-order valence-electron chi connectivity index (χ0n) is 14.0. The minimum Gasteiger partial charge on any atom is -0.263 e. The molecule has 1 aliphatic rings. The van der Waals surface area contributed by atoms with E-state index in [9.17, 15) is 16.8 Å². The van der Waals surface area contributed by atoms with Crippen molar-refractivity contribution < 1.29 is 16.8 Å². The number of hydrogen-bond acceptors (Lipinski definition) is 5. The van der Waals surface area contributed by atoms with Gasteiger partial charge in [-0.25, -0.2) is 16.8 Å². The van der Waals surface area contributed by atoms with Gasteiger partial charge in [-0.15, -0.1) is 0 Å². The molecule has 0 saturated carbocycles. The van der Waals surface area contributed by atoms with E-state index in [4.69, 9.17) is 11.6 Å². The second-order valence-corrected chi connectivity index (χ2v) is 10.2. The predicted octanol–water partition coefficient (Wildman–Crippen LogP) is 1.74. The molecular formula is C16H18ClN3O4S2. The Morgan fingerprint density at radius 3 is 2.15 bits per heavy atom. The van der Waals surface area contributed by atoms with Gasteiger partial charge >= 0.3 is 0 Å². The maximum Gasteiger partial charge on any atom is 0.244 e. The maximum absolute atomic E-state index is 12.9. The highest BCUT2D eigenvalue weighted by atomic mass is 35.5. The molecule has 3 rings (SSSR count). The van der Waals surface area contributed by atoms with Crippen molar-refractivity contribution in [3.8, 4) is 0 Å². The molecule has 0 aliphatic carbocycles. The summed E-state index contributed by atoms with van der Waals surface area (Å²) >= 11 is 5.94. The first-order valence-corrected chi connectivity index (χ1v) is 11.2. The van der Waals surface area contributed by atoms with E-state index in [1.165, 1.54) is 33.1 Å². The Kier molecular flexibility index (Phi) is 5.36. The van der Waals surface area contributed by atoms with Crippen molar-refractivity contribution >= 4 is 31.6 Å². The highest BCUT2D eigenvalue weighted by Gasteiger charge is 2.34. The third kappa shape index (κ3) is 3.63. The second-order valence-electron chi connectivity index (χ2n) is 5.91. The molecule has 7 nitrogen and oxygen atoms in total. The summed E-state index contributed by atoms with van der Waals surface area (Å²) in [5.74, 6) is 0. The molecule has 10 heteroatoms. The molecule has 140 valence electrons. The zero-order chi connectivity index (χ0) is 18.9. The van der Waals surface area contributed by atoms with Crippen LogP contribution in [0, 0.1) is 6.92 Å². The quantitative estimate of drug-likeness (QED) is 0.758. The molecule has 0 atom stereocenters. The number of rotatable bonds is 4. The topological polar surface area (TPSA) is 87.7 Å². The molecule has 0 radical (unpaired) electrons. The minimum atomic E-state index is -3.73. The number of sulfonamides is 2. The molecule has 1 saturated heterocycles. The fourth-order valence-corrected chi connectivity index (χ4v) is 6.09. The third-order valence-electron chi connectivity index (χ3n) is 4.24. The van der Waals surface area contributed by atoms with Crippen LogP contribution in [0.1, 0.15) is 5.56 Å². The third-order valence-corrected chi connectivity index (χ3v) is 8.40. The van der Waals surface area contributed by atoms with Crippen molar-refractivity contribution in [1.29, 1.82) is 0 Å². The number of hydrogen-bond donors (Lipinski definition) is 0. The van der Waals surface area contributed by atoms with E-state index in [2.05, 4.69) is 4.98 Å². The maximum atomic E-state index is 12.9. The monoisotopic (exact) mass is 415 g/mol. The molecule has 0 amide bonds. The van der Waals surface area contributed by atoms with Crippen LogP contribution < -0.4 is 0 Å². The van der Waals surface area contributed by atoms with E-state index in [1.54, 1.807) is 25.1 Å². The number of piperazine rings is 1. The molecule has 0 spiro atoms. The molecule has 1 aliphatic heterocycles. The Balaban J connectivity index is 1.79. The molecule has 0 N–H and O–H groups in total. The Labute approximate surface area is 158 Å². The van der Waals surface area contributed by atoms with Gasteiger partial charge in [0.1, 0.15) is 4.90 Å². The van der Waals surface area contributed by atoms with E-state index in [0.29, 0.717) is 10.6 Å². The fraction of sp³-hybridized carbons (Fsp3) is 0.312. The fourth-order valence-electron chi connectivity index (χ4n) is 2.79. The summed E-state index contributed by atoms with van der Waals surface area (Å²) in [5, 5.41) is 0.340. The lowest BCUT2D eigenvalue weighted by Crippen LogP contribution is -2.50. The van der Waals surface area contributed by atoms with Crippen LogP contribution in [-0.4, -0.2) is 56.6 Å². The number of pyridine rings is 1. The summed E-state index contributed by atoms with van der Waals surface area (Å²) in [6.45, 7) is 2.01. The van der Waals surface area contributed by atoms with Crippen molar-refractivity contribution in [3.63, 3.8) is 0 Å². The molecule has 26 heavy (non-hydrogen) atoms. The Morgan fingerprint density at radius 2 is 1.58 bits per heavy atom. The molecule has 1 aromatic heterocycles. The van der Waals surface area contributed by atoms with E-state index in [-0.39, 0.29) is 36.0 Å². The number of halogens is 1. The standard InChI is InChI=1S/C16H18ClN3O4S2/c1-13-4-5-14(17)11-16(13)26(23,24)20-9-7-19(8-10-20)25(21,22)15-3-2-6-18-12-15/h2-6,11-12H,7-10H2,1H3. The Morgan fingerprint density at radius 1 is 0.962 bits per heavy atom. The van der Waals surface area contributed by atoms with Crippen molar-refractivity contribution in [2.24, 2.45) is 0 Å². The van der Waals surface area contributed by atoms with Gasteiger partial charge in [0.15, 0.2) is 0 Å². The van der Waals surface area contributed by atoms with E-state index in [1.807, 2.05) is 0 Å². The van der Waals surface area contributed by atoms with Crippen LogP contribution in [0.3, 0.4) is 0 Å². The summed E-state index contributed by atoms with van der Waals surface area (Å²) in [7, 11) is -7.42. The summed E-state index contributed by atoms with van der Waals surface area (Å²) in [6, 6.07) is 7.73. The SMILES string of the molecule is Cc1ccc(Cl)cc1S(=O)(=O)N1CCN(S(=O)(=O)c2cccnc2)CC1. The van der Waals surface area contributed by atoms with Gasteiger partial charge in [0, 0.05) is 43.6 Å². The van der Waals surface area contributed by atoms with Gasteiger partial charge in [0.05, 0.1) is 4.90 Å². The van der Waals surface area contributed by atoms with Crippen LogP contribution in [0.2, 0.25) is 5.02 Å². The van der Waals surface area contributed by atoms with Crippen molar-refractivity contribution in [2.75, 3.05) is 26.2 Å². The Bertz CT molecular complexity index is 1000. The van der Waals surface area contributed by atoms with Crippen molar-refractivity contribution in [3.05, 3.63) is 53.3 Å². The molecule has 0 unspecified atom stereocenters. The summed E-state index contributed by atoms with van der Waals surface area (Å²) < 4.78 is 53.5. The van der Waals surface area contributed by atoms with Crippen LogP contribution in [0.5, 0.6) is 0 Å². The first-order valence-electron chi connectivity index (χ1n) is 7.89. The number of benzene rings is 1. The summed E-state index contributed by atoms with van der Waals surface area (Å²) in [5.41, 5.74) is 0.597. The minimum absolute atomic E-state index is 0.0772. The number of aryl methyl sites for hydroxylation is 1. The Hall–Kier alpha value is -1.52. The van der Waals surface area contributed by atoms with Crippen LogP contribution in [0.4, 0.5) is 0 Å². The first-order chi connectivity index (χ1) is 12.2. The van der Waals surface area contributed by atoms with E-state index >= 15 is 0 Å². The summed E-state index contributed by atoms with van der Waals surface area (Å²) in [6.07, 6.45) is 2.78. The molecular weight excluding hydrogens is 398 g/mol. The van der Waals surface area contributed by atoms with Crippen LogP contribution >= 0.6 is 11.6 Å². The molecule has 1 fully saturated rings. The first kappa shape index (κ1) is 19.2. The van der Waals surface area contributed by atoms with Gasteiger partial charge < -0.3 is 0 Å². The predicted molar refractivity (Wildman–Crippen MR) is 97.9 cm³/mol. The lowest BCUT2D eigenvalue weighted by molar-refractivity contribution is 0.272. The van der Waals surface area contributed by atoms with Gasteiger partial charge in [-0.3, -0.25) is 4.98 Å². The normalized spacial score (nSPS) is 17.3. The van der Waals surface area contributed by atoms with Gasteiger partial charge in [0.2, 0.25) is 20.0 Å². The largest absolute Gasteiger partial charge is 0.263 e. The van der Waals surface area contributed by atoms with Gasteiger partial charge in [-0.2, -0.15) is 8.61 Å². The van der Waals surface area contributed by atoms with Crippen LogP contribution in [0.25, 0.3) is 0 Å². The summed E-state index contributed by atoms with van der Waals surface area (Å²) in [4.78, 5) is 4.08. The van der Waals surface area contributed by atoms with Gasteiger partial charge in [-0.05, 0) is 36.8 Å². The smallest absolute Gasteiger partial charge is 0.244 e. The van der Waals surface area contributed by atoms with Crippen LogP contribution in [-0.2, 0) is 20.0 Å². The highest BCUT2D eigenvalue weighted by molar-refractivity contribution is 7.89. The number of nitrogens with zero attached hydrogens (tertiary/aromatic N) is 3. The van der Waals surface area contributed by atoms with E-state index in [0.717, 1.165) is 0 Å². The van der Waals surface area contributed by atoms with Crippen molar-refractivity contribution in [1.82, 2.24) is 13.6 Å². The zero-order valence-corrected chi connectivity index (χ0v) is 16.4. The number of aromatic nitrogens is 1. The average Bonchev–Trinajstić information content (AvgIpc) is 2.64. The van der Waals surface area contributed by atoms with Gasteiger partial charge in [-0.1, -0.05) is 17.7 Å². The molecule has 2 aromatic rings. The average molecular weight is 416 g/mol. The lowest BCUT2D eigenvalue weighted by Gasteiger charge is -2.33. The van der Waals surface area contributed by atoms with Gasteiger partial charge in [0.25, 0.3) is 0 Å². The van der Waals surface area contributed by atoms with Crippen molar-refractivity contribution in [2.45, 2.75) is 16.7 Å². The highest BCUT2D eigenvalue weighted by Crippen LogP contribution is 2.25. The second kappa shape index (κ2) is 7.24. The lowest BCUT2D eigenvalue weighted by atomic mass is 10.2.